The van der Waals surface area contributed by atoms with Crippen molar-refractivity contribution in [2.24, 2.45) is 12.1 Å². The third-order valence-electron chi connectivity index (χ3n) is 5.58. The fraction of sp³-hybridized carbons (Fsp3) is 0.400. The van der Waals surface area contributed by atoms with Gasteiger partial charge in [0.1, 0.15) is 0 Å². The first-order chi connectivity index (χ1) is 13.2. The van der Waals surface area contributed by atoms with Crippen LogP contribution < -0.4 is 16.3 Å². The number of aryl methyl sites for hydroxylation is 3. The highest BCUT2D eigenvalue weighted by molar-refractivity contribution is 5.90. The van der Waals surface area contributed by atoms with Crippen molar-refractivity contribution in [2.45, 2.75) is 40.3 Å². The van der Waals surface area contributed by atoms with E-state index in [1.807, 2.05) is 50.5 Å². The van der Waals surface area contributed by atoms with E-state index in [1.165, 1.54) is 9.13 Å². The number of benzene rings is 1. The van der Waals surface area contributed by atoms with Crippen LogP contribution in [0, 0.1) is 13.8 Å². The summed E-state index contributed by atoms with van der Waals surface area (Å²) in [6.45, 7) is 8.12. The maximum atomic E-state index is 13.4. The molecule has 146 valence electrons. The molecule has 1 atom stereocenters. The molecule has 0 saturated carbocycles. The molecule has 0 N–H and O–H groups in total. The summed E-state index contributed by atoms with van der Waals surface area (Å²) in [7, 11) is 3.45. The Morgan fingerprint density at radius 2 is 1.82 bits per heavy atom. The quantitative estimate of drug-likeness (QED) is 0.681. The van der Waals surface area contributed by atoms with Gasteiger partial charge in [0.05, 0.1) is 18.3 Å². The van der Waals surface area contributed by atoms with Gasteiger partial charge in [0.2, 0.25) is 5.95 Å². The lowest BCUT2D eigenvalue weighted by atomic mass is 10.1. The number of hydrogen-bond donors (Lipinski definition) is 0. The second-order valence-corrected chi connectivity index (χ2v) is 7.56. The molecule has 3 heterocycles. The molecule has 1 aliphatic rings. The van der Waals surface area contributed by atoms with E-state index >= 15 is 0 Å². The molecule has 28 heavy (non-hydrogen) atoms. The van der Waals surface area contributed by atoms with Crippen molar-refractivity contribution < 1.29 is 0 Å². The van der Waals surface area contributed by atoms with Crippen molar-refractivity contribution in [1.29, 1.82) is 0 Å². The largest absolute Gasteiger partial charge is 0.332 e. The zero-order valence-corrected chi connectivity index (χ0v) is 17.0. The molecule has 4 rings (SSSR count). The minimum atomic E-state index is -0.373. The van der Waals surface area contributed by atoms with Crippen LogP contribution >= 0.6 is 0 Å². The number of aromatic nitrogens is 4. The van der Waals surface area contributed by atoms with E-state index < -0.39 is 0 Å². The summed E-state index contributed by atoms with van der Waals surface area (Å²) in [6.07, 6.45) is 0. The lowest BCUT2D eigenvalue weighted by Gasteiger charge is -2.26. The van der Waals surface area contributed by atoms with Gasteiger partial charge in [-0.25, -0.2) is 9.80 Å². The first-order valence-electron chi connectivity index (χ1n) is 9.27. The predicted octanol–water partition coefficient (Wildman–Crippen LogP) is 1.95. The van der Waals surface area contributed by atoms with Gasteiger partial charge in [-0.2, -0.15) is 10.1 Å². The third kappa shape index (κ3) is 2.51. The highest BCUT2D eigenvalue weighted by atomic mass is 16.2. The van der Waals surface area contributed by atoms with E-state index in [4.69, 9.17) is 0 Å². The smallest absolute Gasteiger partial charge is 0.294 e. The van der Waals surface area contributed by atoms with Gasteiger partial charge in [0.15, 0.2) is 11.2 Å². The molecule has 0 aliphatic carbocycles. The fourth-order valence-electron chi connectivity index (χ4n) is 3.76. The van der Waals surface area contributed by atoms with E-state index in [2.05, 4.69) is 10.1 Å². The van der Waals surface area contributed by atoms with E-state index in [9.17, 15) is 9.59 Å². The van der Waals surface area contributed by atoms with E-state index in [-0.39, 0.29) is 23.8 Å². The van der Waals surface area contributed by atoms with Gasteiger partial charge >= 0.3 is 5.69 Å². The normalized spacial score (nSPS) is 16.4. The Labute approximate surface area is 162 Å². The summed E-state index contributed by atoms with van der Waals surface area (Å²) in [5.74, 6) is 0.560. The van der Waals surface area contributed by atoms with Crippen LogP contribution in [0.3, 0.4) is 0 Å². The van der Waals surface area contributed by atoms with Gasteiger partial charge in [-0.05, 0) is 38.8 Å². The molecule has 1 aromatic carbocycles. The van der Waals surface area contributed by atoms with Crippen LogP contribution in [0.15, 0.2) is 32.9 Å². The summed E-state index contributed by atoms with van der Waals surface area (Å²) in [4.78, 5) is 31.0. The molecule has 1 aliphatic heterocycles. The molecule has 8 nitrogen and oxygen atoms in total. The number of anilines is 1. The molecule has 0 bridgehead atoms. The summed E-state index contributed by atoms with van der Waals surface area (Å²) >= 11 is 0. The standard InChI is InChI=1S/C20H24N6O2/c1-11-7-8-12(2)15(9-11)10-25-18(27)16-17(23(5)20(25)28)21-19-24(6)22-13(3)14(4)26(16)19/h7-9,14H,10H2,1-6H3. The van der Waals surface area contributed by atoms with Gasteiger partial charge in [-0.1, -0.05) is 23.8 Å². The van der Waals surface area contributed by atoms with E-state index in [0.29, 0.717) is 17.1 Å². The SMILES string of the molecule is CC1=NN(C)c2nc3c(c(=O)n(Cc4cc(C)ccc4C)c(=O)n3C)n2C1C. The molecule has 0 spiro atoms. The van der Waals surface area contributed by atoms with Crippen LogP contribution in [0.1, 0.15) is 36.6 Å². The van der Waals surface area contributed by atoms with Crippen LogP contribution in [-0.2, 0) is 13.6 Å². The van der Waals surface area contributed by atoms with Crippen molar-refractivity contribution in [3.05, 3.63) is 55.7 Å². The Balaban J connectivity index is 2.02. The highest BCUT2D eigenvalue weighted by Crippen LogP contribution is 2.28. The van der Waals surface area contributed by atoms with Crippen LogP contribution in [0.5, 0.6) is 0 Å². The molecule has 0 fully saturated rings. The van der Waals surface area contributed by atoms with Crippen LogP contribution in [-0.4, -0.2) is 31.4 Å². The first-order valence-corrected chi connectivity index (χ1v) is 9.27. The zero-order valence-electron chi connectivity index (χ0n) is 17.0. The van der Waals surface area contributed by atoms with E-state index in [0.717, 1.165) is 22.4 Å². The Kier molecular flexibility index (Phi) is 4.02. The monoisotopic (exact) mass is 380 g/mol. The maximum absolute atomic E-state index is 13.4. The fourth-order valence-corrected chi connectivity index (χ4v) is 3.76. The Bertz CT molecular complexity index is 1260. The molecular formula is C20H24N6O2. The maximum Gasteiger partial charge on any atom is 0.332 e. The van der Waals surface area contributed by atoms with Crippen molar-refractivity contribution in [3.63, 3.8) is 0 Å². The van der Waals surface area contributed by atoms with E-state index in [1.54, 1.807) is 19.1 Å². The van der Waals surface area contributed by atoms with Crippen molar-refractivity contribution in [1.82, 2.24) is 18.7 Å². The minimum Gasteiger partial charge on any atom is -0.294 e. The first kappa shape index (κ1) is 18.2. The third-order valence-corrected chi connectivity index (χ3v) is 5.58. The number of imidazole rings is 1. The second-order valence-electron chi connectivity index (χ2n) is 7.56. The summed E-state index contributed by atoms with van der Waals surface area (Å²) in [5.41, 5.74) is 4.08. The number of nitrogens with zero attached hydrogens (tertiary/aromatic N) is 6. The van der Waals surface area contributed by atoms with Gasteiger partial charge in [-0.3, -0.25) is 18.5 Å². The Hall–Kier alpha value is -3.16. The summed E-state index contributed by atoms with van der Waals surface area (Å²) in [5, 5.41) is 6.11. The predicted molar refractivity (Wildman–Crippen MR) is 110 cm³/mol. The Morgan fingerprint density at radius 1 is 1.11 bits per heavy atom. The lowest BCUT2D eigenvalue weighted by molar-refractivity contribution is 0.636. The number of rotatable bonds is 2. The molecule has 0 radical (unpaired) electrons. The Morgan fingerprint density at radius 3 is 2.54 bits per heavy atom. The number of hydrogen-bond acceptors (Lipinski definition) is 5. The lowest BCUT2D eigenvalue weighted by Crippen LogP contribution is -2.40. The van der Waals surface area contributed by atoms with Gasteiger partial charge in [0, 0.05) is 14.1 Å². The average molecular weight is 380 g/mol. The topological polar surface area (TPSA) is 77.4 Å². The second kappa shape index (κ2) is 6.19. The molecular weight excluding hydrogens is 356 g/mol. The molecule has 0 amide bonds. The molecule has 0 saturated heterocycles. The zero-order chi connectivity index (χ0) is 20.3. The van der Waals surface area contributed by atoms with Crippen molar-refractivity contribution in [3.8, 4) is 0 Å². The summed E-state index contributed by atoms with van der Waals surface area (Å²) in [6, 6.07) is 5.94. The van der Waals surface area contributed by atoms with Gasteiger partial charge in [0.25, 0.3) is 5.56 Å². The van der Waals surface area contributed by atoms with Crippen LogP contribution in [0.2, 0.25) is 0 Å². The number of fused-ring (bicyclic) bond motifs is 3. The molecule has 2 aromatic heterocycles. The summed E-state index contributed by atoms with van der Waals surface area (Å²) < 4.78 is 4.62. The van der Waals surface area contributed by atoms with Crippen LogP contribution in [0.25, 0.3) is 11.2 Å². The minimum absolute atomic E-state index is 0.115. The van der Waals surface area contributed by atoms with Crippen molar-refractivity contribution in [2.75, 3.05) is 12.1 Å². The molecule has 1 unspecified atom stereocenters. The van der Waals surface area contributed by atoms with Gasteiger partial charge < -0.3 is 0 Å². The van der Waals surface area contributed by atoms with Crippen LogP contribution in [0.4, 0.5) is 5.95 Å². The molecule has 3 aromatic rings. The highest BCUT2D eigenvalue weighted by Gasteiger charge is 2.29. The molecule has 8 heteroatoms. The number of hydrazone groups is 1. The average Bonchev–Trinajstić information content (AvgIpc) is 3.06. The van der Waals surface area contributed by atoms with Gasteiger partial charge in [-0.15, -0.1) is 0 Å². The van der Waals surface area contributed by atoms with Crippen molar-refractivity contribution >= 4 is 22.8 Å².